The van der Waals surface area contributed by atoms with Gasteiger partial charge in [-0.15, -0.1) is 0 Å². The van der Waals surface area contributed by atoms with Gasteiger partial charge in [0.1, 0.15) is 5.75 Å². The van der Waals surface area contributed by atoms with Gasteiger partial charge in [0.2, 0.25) is 5.91 Å². The maximum atomic E-state index is 11.8. The fourth-order valence-electron chi connectivity index (χ4n) is 2.85. The number of rotatable bonds is 8. The van der Waals surface area contributed by atoms with Crippen molar-refractivity contribution in [1.29, 1.82) is 0 Å². The van der Waals surface area contributed by atoms with E-state index in [1.807, 2.05) is 24.3 Å². The van der Waals surface area contributed by atoms with Crippen LogP contribution in [0.2, 0.25) is 0 Å². The molecule has 0 aliphatic heterocycles. The average molecular weight is 305 g/mol. The van der Waals surface area contributed by atoms with E-state index < -0.39 is 5.60 Å². The Kier molecular flexibility index (Phi) is 6.25. The number of unbranched alkanes of at least 4 members (excludes halogenated alkanes) is 1. The van der Waals surface area contributed by atoms with Gasteiger partial charge in [-0.1, -0.05) is 30.5 Å². The lowest BCUT2D eigenvalue weighted by Gasteiger charge is -2.21. The van der Waals surface area contributed by atoms with E-state index in [-0.39, 0.29) is 12.3 Å². The van der Waals surface area contributed by atoms with E-state index in [0.717, 1.165) is 44.3 Å². The molecular formula is C18H27NO3. The van der Waals surface area contributed by atoms with Crippen molar-refractivity contribution in [2.45, 2.75) is 57.5 Å². The molecule has 1 saturated carbocycles. The molecule has 1 amide bonds. The average Bonchev–Trinajstić information content (AvgIpc) is 2.91. The summed E-state index contributed by atoms with van der Waals surface area (Å²) in [6.45, 7) is 3.35. The monoisotopic (exact) mass is 305 g/mol. The topological polar surface area (TPSA) is 58.6 Å². The van der Waals surface area contributed by atoms with Crippen molar-refractivity contribution < 1.29 is 14.6 Å². The Labute approximate surface area is 132 Å². The van der Waals surface area contributed by atoms with Gasteiger partial charge < -0.3 is 15.2 Å². The smallest absolute Gasteiger partial charge is 0.222 e. The normalized spacial score (nSPS) is 16.5. The first-order valence-corrected chi connectivity index (χ1v) is 8.26. The van der Waals surface area contributed by atoms with E-state index in [1.165, 1.54) is 5.56 Å². The van der Waals surface area contributed by atoms with Crippen molar-refractivity contribution in [3.8, 4) is 5.75 Å². The fraction of sp³-hybridized carbons (Fsp3) is 0.611. The van der Waals surface area contributed by atoms with Crippen LogP contribution >= 0.6 is 0 Å². The second kappa shape index (κ2) is 8.18. The van der Waals surface area contributed by atoms with Gasteiger partial charge in [-0.05, 0) is 44.7 Å². The van der Waals surface area contributed by atoms with Crippen LogP contribution in [0.4, 0.5) is 0 Å². The Balaban J connectivity index is 1.52. The number of carbonyl (C=O) groups is 1. The summed E-state index contributed by atoms with van der Waals surface area (Å²) in [7, 11) is 0. The highest BCUT2D eigenvalue weighted by atomic mass is 16.5. The number of carbonyl (C=O) groups excluding carboxylic acids is 1. The van der Waals surface area contributed by atoms with E-state index in [1.54, 1.807) is 0 Å². The summed E-state index contributed by atoms with van der Waals surface area (Å²) in [5.74, 6) is 0.849. The second-order valence-corrected chi connectivity index (χ2v) is 6.33. The van der Waals surface area contributed by atoms with Crippen LogP contribution in [0.3, 0.4) is 0 Å². The van der Waals surface area contributed by atoms with E-state index in [2.05, 4.69) is 12.2 Å². The molecule has 0 bridgehead atoms. The molecule has 4 heteroatoms. The lowest BCUT2D eigenvalue weighted by atomic mass is 9.98. The maximum Gasteiger partial charge on any atom is 0.222 e. The van der Waals surface area contributed by atoms with Crippen LogP contribution in [0.15, 0.2) is 24.3 Å². The number of nitrogens with one attached hydrogen (secondary N) is 1. The van der Waals surface area contributed by atoms with E-state index in [4.69, 9.17) is 4.74 Å². The Morgan fingerprint density at radius 2 is 1.91 bits per heavy atom. The first-order valence-electron chi connectivity index (χ1n) is 8.26. The van der Waals surface area contributed by atoms with Crippen LogP contribution in [0.5, 0.6) is 5.75 Å². The SMILES string of the molecule is Cc1ccc(OCCCCNC(=O)CC2(O)CCCC2)cc1. The molecule has 4 nitrogen and oxygen atoms in total. The van der Waals surface area contributed by atoms with Gasteiger partial charge in [-0.2, -0.15) is 0 Å². The maximum absolute atomic E-state index is 11.8. The minimum atomic E-state index is -0.751. The summed E-state index contributed by atoms with van der Waals surface area (Å²) in [6, 6.07) is 8.01. The number of ether oxygens (including phenoxy) is 1. The molecule has 1 fully saturated rings. The van der Waals surface area contributed by atoms with Crippen LogP contribution in [-0.4, -0.2) is 29.8 Å². The zero-order valence-corrected chi connectivity index (χ0v) is 13.4. The number of aliphatic hydroxyl groups is 1. The molecule has 1 aromatic rings. The fourth-order valence-corrected chi connectivity index (χ4v) is 2.85. The van der Waals surface area contributed by atoms with Crippen molar-refractivity contribution in [1.82, 2.24) is 5.32 Å². The summed E-state index contributed by atoms with van der Waals surface area (Å²) in [5.41, 5.74) is 0.470. The zero-order valence-electron chi connectivity index (χ0n) is 13.4. The van der Waals surface area contributed by atoms with Crippen LogP contribution in [0.1, 0.15) is 50.5 Å². The molecule has 0 unspecified atom stereocenters. The van der Waals surface area contributed by atoms with Gasteiger partial charge >= 0.3 is 0 Å². The summed E-state index contributed by atoms with van der Waals surface area (Å²) < 4.78 is 5.64. The largest absolute Gasteiger partial charge is 0.494 e. The van der Waals surface area contributed by atoms with E-state index in [9.17, 15) is 9.90 Å². The molecule has 2 N–H and O–H groups in total. The molecule has 2 rings (SSSR count). The summed E-state index contributed by atoms with van der Waals surface area (Å²) >= 11 is 0. The quantitative estimate of drug-likeness (QED) is 0.726. The molecule has 0 saturated heterocycles. The van der Waals surface area contributed by atoms with Gasteiger partial charge in [0.05, 0.1) is 18.6 Å². The van der Waals surface area contributed by atoms with E-state index in [0.29, 0.717) is 13.2 Å². The van der Waals surface area contributed by atoms with Crippen molar-refractivity contribution in [2.24, 2.45) is 0 Å². The summed E-state index contributed by atoms with van der Waals surface area (Å²) in [4.78, 5) is 11.8. The standard InChI is InChI=1S/C18H27NO3/c1-15-6-8-16(9-7-15)22-13-5-4-12-19-17(20)14-18(21)10-2-3-11-18/h6-9,21H,2-5,10-14H2,1H3,(H,19,20). The molecule has 1 aliphatic rings. The van der Waals surface area contributed by atoms with Crippen LogP contribution in [0, 0.1) is 6.92 Å². The molecule has 122 valence electrons. The van der Waals surface area contributed by atoms with Crippen LogP contribution in [0.25, 0.3) is 0 Å². The molecule has 0 spiro atoms. The Morgan fingerprint density at radius 1 is 1.23 bits per heavy atom. The van der Waals surface area contributed by atoms with Gasteiger partial charge in [-0.25, -0.2) is 0 Å². The Morgan fingerprint density at radius 3 is 2.59 bits per heavy atom. The van der Waals surface area contributed by atoms with Crippen molar-refractivity contribution in [3.63, 3.8) is 0 Å². The lowest BCUT2D eigenvalue weighted by molar-refractivity contribution is -0.125. The van der Waals surface area contributed by atoms with Gasteiger partial charge in [0.15, 0.2) is 0 Å². The zero-order chi connectivity index (χ0) is 15.8. The molecular weight excluding hydrogens is 278 g/mol. The molecule has 22 heavy (non-hydrogen) atoms. The van der Waals surface area contributed by atoms with Gasteiger partial charge in [-0.3, -0.25) is 4.79 Å². The first-order chi connectivity index (χ1) is 10.6. The Bertz CT molecular complexity index is 464. The van der Waals surface area contributed by atoms with Crippen molar-refractivity contribution >= 4 is 5.91 Å². The van der Waals surface area contributed by atoms with Crippen LogP contribution < -0.4 is 10.1 Å². The number of hydrogen-bond acceptors (Lipinski definition) is 3. The minimum absolute atomic E-state index is 0.0381. The highest BCUT2D eigenvalue weighted by Gasteiger charge is 2.33. The van der Waals surface area contributed by atoms with E-state index >= 15 is 0 Å². The summed E-state index contributed by atoms with van der Waals surface area (Å²) in [5, 5.41) is 13.1. The van der Waals surface area contributed by atoms with Crippen molar-refractivity contribution in [2.75, 3.05) is 13.2 Å². The summed E-state index contributed by atoms with van der Waals surface area (Å²) in [6.07, 6.45) is 5.59. The number of hydrogen-bond donors (Lipinski definition) is 2. The minimum Gasteiger partial charge on any atom is -0.494 e. The molecule has 0 radical (unpaired) electrons. The molecule has 1 aromatic carbocycles. The third kappa shape index (κ3) is 5.68. The number of aryl methyl sites for hydroxylation is 1. The van der Waals surface area contributed by atoms with Crippen LogP contribution in [-0.2, 0) is 4.79 Å². The lowest BCUT2D eigenvalue weighted by Crippen LogP contribution is -2.35. The predicted octanol–water partition coefficient (Wildman–Crippen LogP) is 2.97. The second-order valence-electron chi connectivity index (χ2n) is 6.33. The third-order valence-corrected chi connectivity index (χ3v) is 4.21. The first kappa shape index (κ1) is 16.8. The predicted molar refractivity (Wildman–Crippen MR) is 87.0 cm³/mol. The van der Waals surface area contributed by atoms with Gasteiger partial charge in [0, 0.05) is 6.54 Å². The highest BCUT2D eigenvalue weighted by Crippen LogP contribution is 2.32. The number of amides is 1. The number of benzene rings is 1. The highest BCUT2D eigenvalue weighted by molar-refractivity contribution is 5.77. The third-order valence-electron chi connectivity index (χ3n) is 4.21. The Hall–Kier alpha value is -1.55. The molecule has 0 heterocycles. The van der Waals surface area contributed by atoms with Crippen molar-refractivity contribution in [3.05, 3.63) is 29.8 Å². The molecule has 0 aromatic heterocycles. The van der Waals surface area contributed by atoms with Gasteiger partial charge in [0.25, 0.3) is 0 Å². The molecule has 0 atom stereocenters. The molecule has 1 aliphatic carbocycles.